The van der Waals surface area contributed by atoms with Gasteiger partial charge in [0.1, 0.15) is 0 Å². The number of rotatable bonds is 2. The van der Waals surface area contributed by atoms with E-state index in [2.05, 4.69) is 4.98 Å². The summed E-state index contributed by atoms with van der Waals surface area (Å²) in [5.74, 6) is 0. The maximum Gasteiger partial charge on any atom is 0.326 e. The Kier molecular flexibility index (Phi) is 2.30. The molecule has 0 saturated heterocycles. The van der Waals surface area contributed by atoms with E-state index in [9.17, 15) is 4.79 Å². The molecule has 76 valence electrons. The van der Waals surface area contributed by atoms with Gasteiger partial charge in [-0.05, 0) is 24.6 Å². The van der Waals surface area contributed by atoms with Gasteiger partial charge in [-0.3, -0.25) is 4.57 Å². The zero-order valence-corrected chi connectivity index (χ0v) is 8.45. The van der Waals surface area contributed by atoms with E-state index in [-0.39, 0.29) is 5.69 Å². The van der Waals surface area contributed by atoms with Crippen LogP contribution in [0.4, 0.5) is 0 Å². The summed E-state index contributed by atoms with van der Waals surface area (Å²) < 4.78 is 1.69. The van der Waals surface area contributed by atoms with E-state index in [1.807, 2.05) is 13.0 Å². The Balaban J connectivity index is 2.70. The Hall–Kier alpha value is -2.02. The molecular formula is C11H11N3O. The molecule has 0 amide bonds. The SMILES string of the molecule is CCCn1c(=O)[nH]c2cc(C#N)ccc21. The number of nitrogens with one attached hydrogen (secondary N) is 1. The number of imidazole rings is 1. The highest BCUT2D eigenvalue weighted by Gasteiger charge is 2.05. The minimum absolute atomic E-state index is 0.109. The third-order valence-corrected chi connectivity index (χ3v) is 2.35. The van der Waals surface area contributed by atoms with Gasteiger partial charge in [0.15, 0.2) is 0 Å². The van der Waals surface area contributed by atoms with Crippen LogP contribution < -0.4 is 5.69 Å². The lowest BCUT2D eigenvalue weighted by atomic mass is 10.2. The van der Waals surface area contributed by atoms with Crippen molar-refractivity contribution in [1.29, 1.82) is 5.26 Å². The summed E-state index contributed by atoms with van der Waals surface area (Å²) in [5, 5.41) is 8.73. The monoisotopic (exact) mass is 201 g/mol. The van der Waals surface area contributed by atoms with Crippen molar-refractivity contribution in [3.63, 3.8) is 0 Å². The minimum Gasteiger partial charge on any atom is -0.305 e. The van der Waals surface area contributed by atoms with Crippen LogP contribution in [0, 0.1) is 11.3 Å². The first-order valence-corrected chi connectivity index (χ1v) is 4.89. The summed E-state index contributed by atoms with van der Waals surface area (Å²) in [5.41, 5.74) is 2.04. The number of nitrogens with zero attached hydrogens (tertiary/aromatic N) is 2. The van der Waals surface area contributed by atoms with Crippen molar-refractivity contribution < 1.29 is 0 Å². The quantitative estimate of drug-likeness (QED) is 0.802. The molecule has 0 saturated carbocycles. The highest BCUT2D eigenvalue weighted by molar-refractivity contribution is 5.76. The van der Waals surface area contributed by atoms with Gasteiger partial charge in [-0.1, -0.05) is 6.92 Å². The average molecular weight is 201 g/mol. The van der Waals surface area contributed by atoms with Gasteiger partial charge in [-0.15, -0.1) is 0 Å². The van der Waals surface area contributed by atoms with Crippen LogP contribution in [0.2, 0.25) is 0 Å². The first-order chi connectivity index (χ1) is 7.26. The van der Waals surface area contributed by atoms with Crippen molar-refractivity contribution in [2.24, 2.45) is 0 Å². The summed E-state index contributed by atoms with van der Waals surface area (Å²) in [7, 11) is 0. The molecule has 15 heavy (non-hydrogen) atoms. The van der Waals surface area contributed by atoms with Crippen molar-refractivity contribution in [3.8, 4) is 6.07 Å². The molecule has 1 aromatic heterocycles. The van der Waals surface area contributed by atoms with E-state index >= 15 is 0 Å². The van der Waals surface area contributed by atoms with Crippen LogP contribution in [0.1, 0.15) is 18.9 Å². The maximum atomic E-state index is 11.6. The zero-order valence-electron chi connectivity index (χ0n) is 8.45. The molecule has 0 bridgehead atoms. The molecular weight excluding hydrogens is 190 g/mol. The fourth-order valence-corrected chi connectivity index (χ4v) is 1.68. The number of H-pyrrole nitrogens is 1. The molecule has 1 N–H and O–H groups in total. The van der Waals surface area contributed by atoms with Gasteiger partial charge >= 0.3 is 5.69 Å². The fourth-order valence-electron chi connectivity index (χ4n) is 1.68. The van der Waals surface area contributed by atoms with Gasteiger partial charge in [0.05, 0.1) is 22.7 Å². The fraction of sp³-hybridized carbons (Fsp3) is 0.273. The molecule has 2 aromatic rings. The molecule has 4 nitrogen and oxygen atoms in total. The summed E-state index contributed by atoms with van der Waals surface area (Å²) >= 11 is 0. The van der Waals surface area contributed by atoms with Crippen LogP contribution in [0.25, 0.3) is 11.0 Å². The Morgan fingerprint density at radius 3 is 3.00 bits per heavy atom. The number of hydrogen-bond acceptors (Lipinski definition) is 2. The minimum atomic E-state index is -0.109. The van der Waals surface area contributed by atoms with Crippen LogP contribution in [-0.4, -0.2) is 9.55 Å². The highest BCUT2D eigenvalue weighted by atomic mass is 16.1. The lowest BCUT2D eigenvalue weighted by Gasteiger charge is -1.99. The van der Waals surface area contributed by atoms with Crippen molar-refractivity contribution in [2.75, 3.05) is 0 Å². The van der Waals surface area contributed by atoms with Gasteiger partial charge in [0, 0.05) is 6.54 Å². The predicted molar refractivity (Wildman–Crippen MR) is 57.6 cm³/mol. The Morgan fingerprint density at radius 2 is 2.33 bits per heavy atom. The summed E-state index contributed by atoms with van der Waals surface area (Å²) in [4.78, 5) is 14.3. The second-order valence-corrected chi connectivity index (χ2v) is 3.43. The molecule has 0 aliphatic rings. The van der Waals surface area contributed by atoms with Gasteiger partial charge in [-0.2, -0.15) is 5.26 Å². The van der Waals surface area contributed by atoms with Crippen LogP contribution in [0.5, 0.6) is 0 Å². The maximum absolute atomic E-state index is 11.6. The van der Waals surface area contributed by atoms with Gasteiger partial charge in [0.25, 0.3) is 0 Å². The third kappa shape index (κ3) is 1.52. The standard InChI is InChI=1S/C11H11N3O/c1-2-5-14-10-4-3-8(7-12)6-9(10)13-11(14)15/h3-4,6H,2,5H2,1H3,(H,13,15). The van der Waals surface area contributed by atoms with Gasteiger partial charge < -0.3 is 4.98 Å². The van der Waals surface area contributed by atoms with E-state index in [4.69, 9.17) is 5.26 Å². The van der Waals surface area contributed by atoms with E-state index in [0.29, 0.717) is 12.1 Å². The van der Waals surface area contributed by atoms with E-state index in [1.165, 1.54) is 0 Å². The number of hydrogen-bond donors (Lipinski definition) is 1. The number of aromatic amines is 1. The molecule has 0 fully saturated rings. The molecule has 1 aromatic carbocycles. The Morgan fingerprint density at radius 1 is 1.53 bits per heavy atom. The van der Waals surface area contributed by atoms with Crippen molar-refractivity contribution >= 4 is 11.0 Å². The predicted octanol–water partition coefficient (Wildman–Crippen LogP) is 1.61. The smallest absolute Gasteiger partial charge is 0.305 e. The molecule has 2 rings (SSSR count). The zero-order chi connectivity index (χ0) is 10.8. The lowest BCUT2D eigenvalue weighted by molar-refractivity contribution is 0.674. The number of fused-ring (bicyclic) bond motifs is 1. The summed E-state index contributed by atoms with van der Waals surface area (Å²) in [6.07, 6.45) is 0.910. The Labute approximate surface area is 86.8 Å². The second-order valence-electron chi connectivity index (χ2n) is 3.43. The first kappa shape index (κ1) is 9.53. The number of nitriles is 1. The third-order valence-electron chi connectivity index (χ3n) is 2.35. The molecule has 0 radical (unpaired) electrons. The lowest BCUT2D eigenvalue weighted by Crippen LogP contribution is -2.16. The van der Waals surface area contributed by atoms with Crippen LogP contribution in [0.3, 0.4) is 0 Å². The van der Waals surface area contributed by atoms with Gasteiger partial charge in [0.2, 0.25) is 0 Å². The van der Waals surface area contributed by atoms with Crippen LogP contribution >= 0.6 is 0 Å². The molecule has 0 aliphatic carbocycles. The highest BCUT2D eigenvalue weighted by Crippen LogP contribution is 2.12. The Bertz CT molecular complexity index is 586. The largest absolute Gasteiger partial charge is 0.326 e. The topological polar surface area (TPSA) is 61.6 Å². The van der Waals surface area contributed by atoms with Crippen molar-refractivity contribution in [3.05, 3.63) is 34.2 Å². The molecule has 0 unspecified atom stereocenters. The van der Waals surface area contributed by atoms with E-state index < -0.39 is 0 Å². The molecule has 4 heteroatoms. The molecule has 1 heterocycles. The number of aromatic nitrogens is 2. The van der Waals surface area contributed by atoms with Gasteiger partial charge in [-0.25, -0.2) is 4.79 Å². The summed E-state index contributed by atoms with van der Waals surface area (Å²) in [6.45, 7) is 2.72. The van der Waals surface area contributed by atoms with E-state index in [0.717, 1.165) is 17.5 Å². The van der Waals surface area contributed by atoms with Crippen LogP contribution in [-0.2, 0) is 6.54 Å². The van der Waals surface area contributed by atoms with Crippen molar-refractivity contribution in [2.45, 2.75) is 19.9 Å². The number of aryl methyl sites for hydroxylation is 1. The van der Waals surface area contributed by atoms with Crippen molar-refractivity contribution in [1.82, 2.24) is 9.55 Å². The van der Waals surface area contributed by atoms with E-state index in [1.54, 1.807) is 22.8 Å². The molecule has 0 spiro atoms. The molecule has 0 atom stereocenters. The number of benzene rings is 1. The second kappa shape index (κ2) is 3.62. The summed E-state index contributed by atoms with van der Waals surface area (Å²) in [6, 6.07) is 7.28. The average Bonchev–Trinajstić information content (AvgIpc) is 2.55. The molecule has 0 aliphatic heterocycles. The first-order valence-electron chi connectivity index (χ1n) is 4.89. The normalized spacial score (nSPS) is 10.4. The van der Waals surface area contributed by atoms with Crippen LogP contribution in [0.15, 0.2) is 23.0 Å².